The summed E-state index contributed by atoms with van der Waals surface area (Å²) < 4.78 is 4.73. The first kappa shape index (κ1) is 20.7. The Kier molecular flexibility index (Phi) is 7.67. The molecule has 0 unspecified atom stereocenters. The quantitative estimate of drug-likeness (QED) is 0.556. The number of aromatic amines is 1. The van der Waals surface area contributed by atoms with E-state index in [2.05, 4.69) is 24.1 Å². The summed E-state index contributed by atoms with van der Waals surface area (Å²) in [6.07, 6.45) is 0.808. The van der Waals surface area contributed by atoms with Gasteiger partial charge in [0.15, 0.2) is 5.78 Å². The van der Waals surface area contributed by atoms with Gasteiger partial charge in [0.05, 0.1) is 13.7 Å². The highest BCUT2D eigenvalue weighted by atomic mass is 16.5. The average Bonchev–Trinajstić information content (AvgIpc) is 2.85. The molecule has 0 bridgehead atoms. The highest BCUT2D eigenvalue weighted by Crippen LogP contribution is 2.20. The van der Waals surface area contributed by atoms with Gasteiger partial charge in [-0.05, 0) is 38.7 Å². The van der Waals surface area contributed by atoms with Crippen LogP contribution in [0.3, 0.4) is 0 Å². The van der Waals surface area contributed by atoms with Gasteiger partial charge in [-0.2, -0.15) is 0 Å². The molecule has 1 aromatic rings. The van der Waals surface area contributed by atoms with Crippen molar-refractivity contribution in [1.82, 2.24) is 15.2 Å². The van der Waals surface area contributed by atoms with Crippen LogP contribution in [0.15, 0.2) is 0 Å². The molecule has 25 heavy (non-hydrogen) atoms. The lowest BCUT2D eigenvalue weighted by molar-refractivity contribution is 0.0593. The van der Waals surface area contributed by atoms with Crippen LogP contribution >= 0.6 is 0 Å². The third kappa shape index (κ3) is 5.34. The number of nitrogens with one attached hydrogen (secondary N) is 2. The second-order valence-electron chi connectivity index (χ2n) is 6.48. The number of ether oxygens (including phenoxy) is 1. The predicted octanol–water partition coefficient (Wildman–Crippen LogP) is 2.68. The zero-order chi connectivity index (χ0) is 19.1. The molecule has 2 amide bonds. The number of H-pyrrole nitrogens is 1. The largest absolute Gasteiger partial charge is 0.464 e. The summed E-state index contributed by atoms with van der Waals surface area (Å²) in [5.74, 6) is -0.287. The maximum Gasteiger partial charge on any atom is 0.354 e. The Labute approximate surface area is 149 Å². The number of aromatic nitrogens is 1. The number of rotatable bonds is 8. The monoisotopic (exact) mass is 351 g/mol. The molecular weight excluding hydrogens is 322 g/mol. The van der Waals surface area contributed by atoms with Gasteiger partial charge in [0.1, 0.15) is 5.69 Å². The smallest absolute Gasteiger partial charge is 0.354 e. The molecule has 140 valence electrons. The second kappa shape index (κ2) is 9.25. The van der Waals surface area contributed by atoms with Crippen LogP contribution in [0.25, 0.3) is 0 Å². The van der Waals surface area contributed by atoms with E-state index in [1.54, 1.807) is 13.8 Å². The first-order valence-corrected chi connectivity index (χ1v) is 8.56. The number of urea groups is 1. The molecule has 0 atom stereocenters. The van der Waals surface area contributed by atoms with Gasteiger partial charge in [-0.3, -0.25) is 4.79 Å². The van der Waals surface area contributed by atoms with E-state index in [1.165, 1.54) is 12.0 Å². The number of amides is 2. The van der Waals surface area contributed by atoms with Gasteiger partial charge in [0.2, 0.25) is 0 Å². The first-order chi connectivity index (χ1) is 11.7. The van der Waals surface area contributed by atoms with E-state index in [4.69, 9.17) is 4.74 Å². The van der Waals surface area contributed by atoms with Crippen molar-refractivity contribution in [3.05, 3.63) is 22.5 Å². The van der Waals surface area contributed by atoms with Crippen molar-refractivity contribution in [3.8, 4) is 0 Å². The zero-order valence-corrected chi connectivity index (χ0v) is 16.0. The van der Waals surface area contributed by atoms with Crippen molar-refractivity contribution in [2.45, 2.75) is 41.0 Å². The molecule has 0 aliphatic carbocycles. The number of methoxy groups -OCH3 is 1. The lowest BCUT2D eigenvalue weighted by Crippen LogP contribution is -2.43. The molecule has 0 aliphatic rings. The third-order valence-electron chi connectivity index (χ3n) is 4.03. The number of ketones is 1. The Balaban J connectivity index is 3.01. The van der Waals surface area contributed by atoms with Crippen LogP contribution < -0.4 is 5.32 Å². The fourth-order valence-corrected chi connectivity index (χ4v) is 2.66. The van der Waals surface area contributed by atoms with Crippen LogP contribution in [0.1, 0.15) is 59.3 Å². The Morgan fingerprint density at radius 3 is 2.40 bits per heavy atom. The van der Waals surface area contributed by atoms with Crippen LogP contribution in [0.4, 0.5) is 4.79 Å². The minimum absolute atomic E-state index is 0.0291. The molecule has 7 heteroatoms. The van der Waals surface area contributed by atoms with E-state index in [-0.39, 0.29) is 24.1 Å². The standard InChI is InChI=1S/C18H29N3O4/c1-7-19-18(24)21(9-8-11(2)3)10-14(22)15-12(4)16(17(23)25-6)20-13(15)5/h11,20H,7-10H2,1-6H3,(H,19,24). The Morgan fingerprint density at radius 2 is 1.88 bits per heavy atom. The number of nitrogens with zero attached hydrogens (tertiary/aromatic N) is 1. The number of hydrogen-bond donors (Lipinski definition) is 2. The summed E-state index contributed by atoms with van der Waals surface area (Å²) >= 11 is 0. The van der Waals surface area contributed by atoms with Crippen molar-refractivity contribution in [2.24, 2.45) is 5.92 Å². The normalized spacial score (nSPS) is 10.7. The lowest BCUT2D eigenvalue weighted by Gasteiger charge is -2.23. The number of carbonyl (C=O) groups excluding carboxylic acids is 3. The fourth-order valence-electron chi connectivity index (χ4n) is 2.66. The molecule has 2 N–H and O–H groups in total. The molecule has 0 fully saturated rings. The number of esters is 1. The molecule has 0 saturated heterocycles. The van der Waals surface area contributed by atoms with Gasteiger partial charge in [-0.25, -0.2) is 9.59 Å². The minimum atomic E-state index is -0.514. The molecule has 0 aliphatic heterocycles. The molecule has 0 spiro atoms. The van der Waals surface area contributed by atoms with Gasteiger partial charge in [-0.15, -0.1) is 0 Å². The summed E-state index contributed by atoms with van der Waals surface area (Å²) in [6, 6.07) is -0.254. The maximum absolute atomic E-state index is 12.8. The van der Waals surface area contributed by atoms with E-state index in [9.17, 15) is 14.4 Å². The molecule has 1 rings (SSSR count). The summed E-state index contributed by atoms with van der Waals surface area (Å²) in [7, 11) is 1.29. The van der Waals surface area contributed by atoms with Crippen molar-refractivity contribution in [1.29, 1.82) is 0 Å². The Hall–Kier alpha value is -2.31. The maximum atomic E-state index is 12.8. The average molecular weight is 351 g/mol. The third-order valence-corrected chi connectivity index (χ3v) is 4.03. The highest BCUT2D eigenvalue weighted by Gasteiger charge is 2.25. The Bertz CT molecular complexity index is 635. The van der Waals surface area contributed by atoms with Crippen molar-refractivity contribution < 1.29 is 19.1 Å². The van der Waals surface area contributed by atoms with Gasteiger partial charge in [0, 0.05) is 24.3 Å². The van der Waals surface area contributed by atoms with Gasteiger partial charge in [0.25, 0.3) is 0 Å². The molecule has 0 saturated carbocycles. The van der Waals surface area contributed by atoms with E-state index in [1.807, 2.05) is 6.92 Å². The summed E-state index contributed by atoms with van der Waals surface area (Å²) in [6.45, 7) is 10.4. The summed E-state index contributed by atoms with van der Waals surface area (Å²) in [5, 5.41) is 2.74. The summed E-state index contributed by atoms with van der Waals surface area (Å²) in [4.78, 5) is 41.2. The van der Waals surface area contributed by atoms with Crippen LogP contribution in [0.5, 0.6) is 0 Å². The topological polar surface area (TPSA) is 91.5 Å². The molecule has 7 nitrogen and oxygen atoms in total. The minimum Gasteiger partial charge on any atom is -0.464 e. The number of hydrogen-bond acceptors (Lipinski definition) is 4. The van der Waals surface area contributed by atoms with Gasteiger partial charge in [-0.1, -0.05) is 13.8 Å². The molecule has 0 aromatic carbocycles. The van der Waals surface area contributed by atoms with Crippen LogP contribution in [0.2, 0.25) is 0 Å². The summed E-state index contributed by atoms with van der Waals surface area (Å²) in [5.41, 5.74) is 1.87. The van der Waals surface area contributed by atoms with Gasteiger partial charge >= 0.3 is 12.0 Å². The van der Waals surface area contributed by atoms with Crippen molar-refractivity contribution in [2.75, 3.05) is 26.7 Å². The first-order valence-electron chi connectivity index (χ1n) is 8.56. The SMILES string of the molecule is CCNC(=O)N(CCC(C)C)CC(=O)c1c(C)[nH]c(C(=O)OC)c1C. The van der Waals surface area contributed by atoms with Crippen LogP contribution in [-0.4, -0.2) is 54.4 Å². The van der Waals surface area contributed by atoms with E-state index in [0.29, 0.717) is 35.8 Å². The van der Waals surface area contributed by atoms with Crippen LogP contribution in [0, 0.1) is 19.8 Å². The zero-order valence-electron chi connectivity index (χ0n) is 16.0. The lowest BCUT2D eigenvalue weighted by atomic mass is 10.0. The van der Waals surface area contributed by atoms with Crippen molar-refractivity contribution >= 4 is 17.8 Å². The molecular formula is C18H29N3O4. The number of carbonyl (C=O) groups is 3. The molecule has 1 aromatic heterocycles. The fraction of sp³-hybridized carbons (Fsp3) is 0.611. The predicted molar refractivity (Wildman–Crippen MR) is 96.0 cm³/mol. The number of Topliss-reactive ketones (excluding diaryl/α,β-unsaturated/α-hetero) is 1. The van der Waals surface area contributed by atoms with Crippen molar-refractivity contribution in [3.63, 3.8) is 0 Å². The number of aryl methyl sites for hydroxylation is 1. The molecule has 1 heterocycles. The van der Waals surface area contributed by atoms with E-state index < -0.39 is 5.97 Å². The highest BCUT2D eigenvalue weighted by molar-refractivity contribution is 6.04. The van der Waals surface area contributed by atoms with E-state index in [0.717, 1.165) is 6.42 Å². The van der Waals surface area contributed by atoms with Gasteiger partial charge < -0.3 is 19.9 Å². The van der Waals surface area contributed by atoms with Crippen LogP contribution in [-0.2, 0) is 4.74 Å². The Morgan fingerprint density at radius 1 is 1.24 bits per heavy atom. The molecule has 0 radical (unpaired) electrons. The van der Waals surface area contributed by atoms with E-state index >= 15 is 0 Å². The second-order valence-corrected chi connectivity index (χ2v) is 6.48.